The van der Waals surface area contributed by atoms with Crippen molar-refractivity contribution in [3.8, 4) is 5.75 Å². The van der Waals surface area contributed by atoms with E-state index in [0.717, 1.165) is 18.6 Å². The Balaban J connectivity index is 2.65. The van der Waals surface area contributed by atoms with E-state index in [9.17, 15) is 9.59 Å². The minimum absolute atomic E-state index is 0.191. The molecule has 26 heavy (non-hydrogen) atoms. The summed E-state index contributed by atoms with van der Waals surface area (Å²) in [7, 11) is 1.58. The molecule has 0 bridgehead atoms. The Bertz CT molecular complexity index is 543. The lowest BCUT2D eigenvalue weighted by atomic mass is 10.0. The maximum Gasteiger partial charge on any atom is 0.251 e. The van der Waals surface area contributed by atoms with Crippen LogP contribution in [0.4, 0.5) is 0 Å². The number of carbonyl (C=O) groups excluding carboxylic acids is 2. The van der Waals surface area contributed by atoms with Gasteiger partial charge in [-0.3, -0.25) is 9.59 Å². The molecule has 2 amide bonds. The largest absolute Gasteiger partial charge is 0.494 e. The van der Waals surface area contributed by atoms with Crippen molar-refractivity contribution in [2.45, 2.75) is 46.1 Å². The summed E-state index contributed by atoms with van der Waals surface area (Å²) in [5.74, 6) is 0.565. The van der Waals surface area contributed by atoms with Crippen LogP contribution in [-0.2, 0) is 9.53 Å². The van der Waals surface area contributed by atoms with Crippen LogP contribution in [0.5, 0.6) is 5.75 Å². The number of nitrogens with one attached hydrogen (secondary N) is 2. The first-order valence-electron chi connectivity index (χ1n) is 9.28. The third kappa shape index (κ3) is 8.34. The SMILES string of the molecule is CCCCOc1ccc(C(=O)N[C@@H](CC(C)C)C(=O)NCCOC)cc1. The Morgan fingerprint density at radius 2 is 1.81 bits per heavy atom. The first-order valence-corrected chi connectivity index (χ1v) is 9.28. The van der Waals surface area contributed by atoms with Crippen molar-refractivity contribution in [2.24, 2.45) is 5.92 Å². The third-order valence-electron chi connectivity index (χ3n) is 3.82. The molecule has 6 nitrogen and oxygen atoms in total. The first kappa shape index (κ1) is 22.0. The molecule has 0 saturated heterocycles. The predicted octanol–water partition coefficient (Wildman–Crippen LogP) is 2.77. The number of benzene rings is 1. The van der Waals surface area contributed by atoms with E-state index in [1.807, 2.05) is 13.8 Å². The van der Waals surface area contributed by atoms with Gasteiger partial charge in [-0.2, -0.15) is 0 Å². The molecule has 0 aromatic heterocycles. The van der Waals surface area contributed by atoms with Crippen molar-refractivity contribution >= 4 is 11.8 Å². The van der Waals surface area contributed by atoms with E-state index in [-0.39, 0.29) is 17.7 Å². The van der Waals surface area contributed by atoms with Crippen molar-refractivity contribution in [1.82, 2.24) is 10.6 Å². The van der Waals surface area contributed by atoms with Crippen LogP contribution in [-0.4, -0.2) is 44.7 Å². The van der Waals surface area contributed by atoms with Gasteiger partial charge in [0.05, 0.1) is 13.2 Å². The fourth-order valence-corrected chi connectivity index (χ4v) is 2.38. The molecule has 0 radical (unpaired) electrons. The standard InChI is InChI=1S/C20H32N2O4/c1-5-6-12-26-17-9-7-16(8-10-17)19(23)22-18(14-15(2)3)20(24)21-11-13-25-4/h7-10,15,18H,5-6,11-14H2,1-4H3,(H,21,24)(H,22,23)/t18-/m0/s1. The fraction of sp³-hybridized carbons (Fsp3) is 0.600. The van der Waals surface area contributed by atoms with Gasteiger partial charge in [0, 0.05) is 19.2 Å². The predicted molar refractivity (Wildman–Crippen MR) is 102 cm³/mol. The number of ether oxygens (including phenoxy) is 2. The van der Waals surface area contributed by atoms with Crippen LogP contribution in [0.25, 0.3) is 0 Å². The van der Waals surface area contributed by atoms with Crippen molar-refractivity contribution in [2.75, 3.05) is 26.9 Å². The van der Waals surface area contributed by atoms with E-state index in [1.54, 1.807) is 31.4 Å². The minimum atomic E-state index is -0.570. The molecule has 0 spiro atoms. The normalized spacial score (nSPS) is 11.9. The minimum Gasteiger partial charge on any atom is -0.494 e. The van der Waals surface area contributed by atoms with E-state index in [1.165, 1.54) is 0 Å². The van der Waals surface area contributed by atoms with Gasteiger partial charge in [0.2, 0.25) is 5.91 Å². The van der Waals surface area contributed by atoms with Gasteiger partial charge in [-0.1, -0.05) is 27.2 Å². The summed E-state index contributed by atoms with van der Waals surface area (Å²) < 4.78 is 10.5. The van der Waals surface area contributed by atoms with Crippen molar-refractivity contribution in [3.05, 3.63) is 29.8 Å². The highest BCUT2D eigenvalue weighted by Crippen LogP contribution is 2.13. The molecule has 0 saturated carbocycles. The maximum absolute atomic E-state index is 12.5. The van der Waals surface area contributed by atoms with Crippen molar-refractivity contribution in [1.29, 1.82) is 0 Å². The first-order chi connectivity index (χ1) is 12.5. The number of rotatable bonds is 12. The molecule has 146 valence electrons. The Morgan fingerprint density at radius 3 is 2.38 bits per heavy atom. The van der Waals surface area contributed by atoms with Gasteiger partial charge < -0.3 is 20.1 Å². The van der Waals surface area contributed by atoms with E-state index >= 15 is 0 Å². The van der Waals surface area contributed by atoms with Crippen LogP contribution < -0.4 is 15.4 Å². The van der Waals surface area contributed by atoms with Crippen molar-refractivity contribution < 1.29 is 19.1 Å². The number of amides is 2. The summed E-state index contributed by atoms with van der Waals surface area (Å²) >= 11 is 0. The smallest absolute Gasteiger partial charge is 0.251 e. The summed E-state index contributed by atoms with van der Waals surface area (Å²) in [4.78, 5) is 24.8. The summed E-state index contributed by atoms with van der Waals surface area (Å²) in [6.07, 6.45) is 2.64. The lowest BCUT2D eigenvalue weighted by Gasteiger charge is -2.20. The number of hydrogen-bond donors (Lipinski definition) is 2. The molecule has 0 heterocycles. The highest BCUT2D eigenvalue weighted by molar-refractivity contribution is 5.97. The van der Waals surface area contributed by atoms with Gasteiger partial charge >= 0.3 is 0 Å². The molecule has 0 aliphatic carbocycles. The zero-order valence-corrected chi connectivity index (χ0v) is 16.3. The lowest BCUT2D eigenvalue weighted by molar-refractivity contribution is -0.123. The molecule has 2 N–H and O–H groups in total. The van der Waals surface area contributed by atoms with Gasteiger partial charge in [0.15, 0.2) is 0 Å². The monoisotopic (exact) mass is 364 g/mol. The molecule has 6 heteroatoms. The molecular formula is C20H32N2O4. The van der Waals surface area contributed by atoms with E-state index < -0.39 is 6.04 Å². The van der Waals surface area contributed by atoms with Crippen LogP contribution in [0.3, 0.4) is 0 Å². The Kier molecular flexibility index (Phi) is 10.4. The van der Waals surface area contributed by atoms with E-state index in [2.05, 4.69) is 17.6 Å². The topological polar surface area (TPSA) is 76.7 Å². The van der Waals surface area contributed by atoms with E-state index in [0.29, 0.717) is 31.7 Å². The Hall–Kier alpha value is -2.08. The summed E-state index contributed by atoms with van der Waals surface area (Å²) in [5, 5.41) is 5.62. The zero-order valence-electron chi connectivity index (χ0n) is 16.3. The zero-order chi connectivity index (χ0) is 19.4. The van der Waals surface area contributed by atoms with Crippen LogP contribution in [0, 0.1) is 5.92 Å². The Morgan fingerprint density at radius 1 is 1.12 bits per heavy atom. The Labute approximate surface area is 156 Å². The molecule has 1 atom stereocenters. The second-order valence-electron chi connectivity index (χ2n) is 6.67. The average Bonchev–Trinajstić information content (AvgIpc) is 2.61. The summed E-state index contributed by atoms with van der Waals surface area (Å²) in [6.45, 7) is 7.67. The number of carbonyl (C=O) groups is 2. The summed E-state index contributed by atoms with van der Waals surface area (Å²) in [6, 6.07) is 6.42. The molecule has 1 rings (SSSR count). The molecule has 0 aliphatic rings. The highest BCUT2D eigenvalue weighted by atomic mass is 16.5. The van der Waals surface area contributed by atoms with Gasteiger partial charge in [-0.15, -0.1) is 0 Å². The molecule has 0 aliphatic heterocycles. The fourth-order valence-electron chi connectivity index (χ4n) is 2.38. The maximum atomic E-state index is 12.5. The third-order valence-corrected chi connectivity index (χ3v) is 3.82. The van der Waals surface area contributed by atoms with Crippen LogP contribution in [0.1, 0.15) is 50.4 Å². The van der Waals surface area contributed by atoms with Gasteiger partial charge in [0.25, 0.3) is 5.91 Å². The molecule has 1 aromatic rings. The molecule has 0 fully saturated rings. The average molecular weight is 364 g/mol. The van der Waals surface area contributed by atoms with Crippen molar-refractivity contribution in [3.63, 3.8) is 0 Å². The second-order valence-corrected chi connectivity index (χ2v) is 6.67. The van der Waals surface area contributed by atoms with Gasteiger partial charge in [0.1, 0.15) is 11.8 Å². The summed E-state index contributed by atoms with van der Waals surface area (Å²) in [5.41, 5.74) is 0.506. The van der Waals surface area contributed by atoms with Gasteiger partial charge in [-0.05, 0) is 43.0 Å². The van der Waals surface area contributed by atoms with Crippen LogP contribution >= 0.6 is 0 Å². The lowest BCUT2D eigenvalue weighted by Crippen LogP contribution is -2.48. The van der Waals surface area contributed by atoms with Crippen LogP contribution in [0.2, 0.25) is 0 Å². The number of unbranched alkanes of at least 4 members (excludes halogenated alkanes) is 1. The molecule has 0 unspecified atom stereocenters. The number of hydrogen-bond acceptors (Lipinski definition) is 4. The number of methoxy groups -OCH3 is 1. The van der Waals surface area contributed by atoms with Crippen LogP contribution in [0.15, 0.2) is 24.3 Å². The highest BCUT2D eigenvalue weighted by Gasteiger charge is 2.22. The quantitative estimate of drug-likeness (QED) is 0.559. The van der Waals surface area contributed by atoms with E-state index in [4.69, 9.17) is 9.47 Å². The van der Waals surface area contributed by atoms with Gasteiger partial charge in [-0.25, -0.2) is 0 Å². The molecule has 1 aromatic carbocycles. The second kappa shape index (κ2) is 12.3. The molecular weight excluding hydrogens is 332 g/mol.